The van der Waals surface area contributed by atoms with Gasteiger partial charge in [-0.15, -0.1) is 0 Å². The average Bonchev–Trinajstić information content (AvgIpc) is 3.19. The Hall–Kier alpha value is -4.03. The molecule has 150 valence electrons. The molecule has 2 N–H and O–H groups in total. The largest absolute Gasteiger partial charge is 0.507 e. The summed E-state index contributed by atoms with van der Waals surface area (Å²) in [6.07, 6.45) is 1.60. The summed E-state index contributed by atoms with van der Waals surface area (Å²) in [5.41, 5.74) is 3.79. The molecule has 31 heavy (non-hydrogen) atoms. The van der Waals surface area contributed by atoms with Crippen LogP contribution in [0.15, 0.2) is 94.3 Å². The molecule has 0 unspecified atom stereocenters. The molecule has 0 saturated heterocycles. The number of rotatable bonds is 4. The molecule has 5 nitrogen and oxygen atoms in total. The van der Waals surface area contributed by atoms with Crippen LogP contribution in [0.4, 0.5) is 5.82 Å². The van der Waals surface area contributed by atoms with Crippen molar-refractivity contribution in [2.75, 3.05) is 0 Å². The van der Waals surface area contributed by atoms with Crippen molar-refractivity contribution in [2.24, 2.45) is 4.99 Å². The smallest absolute Gasteiger partial charge is 0.233 e. The Bertz CT molecular complexity index is 1460. The number of nitrogens with zero attached hydrogens (tertiary/aromatic N) is 2. The molecule has 6 heteroatoms. The Morgan fingerprint density at radius 1 is 0.871 bits per heavy atom. The van der Waals surface area contributed by atoms with Gasteiger partial charge in [0.1, 0.15) is 17.3 Å². The van der Waals surface area contributed by atoms with Gasteiger partial charge in [0, 0.05) is 22.9 Å². The second kappa shape index (κ2) is 8.01. The Balaban J connectivity index is 1.80. The van der Waals surface area contributed by atoms with Gasteiger partial charge < -0.3 is 14.5 Å². The van der Waals surface area contributed by atoms with Crippen LogP contribution in [-0.4, -0.2) is 21.3 Å². The lowest BCUT2D eigenvalue weighted by atomic mass is 9.99. The first-order valence-electron chi connectivity index (χ1n) is 9.70. The van der Waals surface area contributed by atoms with Crippen LogP contribution in [0.1, 0.15) is 5.56 Å². The van der Waals surface area contributed by atoms with Gasteiger partial charge in [-0.1, -0.05) is 72.8 Å². The van der Waals surface area contributed by atoms with E-state index >= 15 is 0 Å². The van der Waals surface area contributed by atoms with E-state index in [-0.39, 0.29) is 10.5 Å². The molecule has 0 aliphatic carbocycles. The topological polar surface area (TPSA) is 74.4 Å². The van der Waals surface area contributed by atoms with Crippen LogP contribution in [0.25, 0.3) is 33.6 Å². The first kappa shape index (κ1) is 19.0. The van der Waals surface area contributed by atoms with Crippen molar-refractivity contribution in [3.8, 4) is 28.2 Å². The summed E-state index contributed by atoms with van der Waals surface area (Å²) in [5.74, 6) is 1.36. The highest BCUT2D eigenvalue weighted by molar-refractivity contribution is 7.71. The van der Waals surface area contributed by atoms with Crippen molar-refractivity contribution in [2.45, 2.75) is 0 Å². The third kappa shape index (κ3) is 3.65. The maximum absolute atomic E-state index is 10.1. The molecule has 0 atom stereocenters. The van der Waals surface area contributed by atoms with E-state index in [0.29, 0.717) is 22.9 Å². The number of hydrogen-bond donors (Lipinski definition) is 2. The molecule has 0 aliphatic rings. The van der Waals surface area contributed by atoms with Crippen molar-refractivity contribution in [1.29, 1.82) is 0 Å². The van der Waals surface area contributed by atoms with Crippen molar-refractivity contribution < 1.29 is 9.52 Å². The van der Waals surface area contributed by atoms with Gasteiger partial charge >= 0.3 is 0 Å². The molecule has 3 aromatic carbocycles. The molecule has 2 aromatic heterocycles. The van der Waals surface area contributed by atoms with E-state index in [1.54, 1.807) is 24.4 Å². The number of hydrogen-bond acceptors (Lipinski definition) is 5. The number of aliphatic imine (C=N–C) groups is 1. The third-order valence-corrected chi connectivity index (χ3v) is 5.12. The first-order valence-corrected chi connectivity index (χ1v) is 10.1. The summed E-state index contributed by atoms with van der Waals surface area (Å²) < 4.78 is 6.48. The van der Waals surface area contributed by atoms with Gasteiger partial charge in [-0.3, -0.25) is 0 Å². The number of aromatic nitrogens is 2. The minimum atomic E-state index is 0.149. The predicted octanol–water partition coefficient (Wildman–Crippen LogP) is 6.68. The van der Waals surface area contributed by atoms with Gasteiger partial charge in [0.15, 0.2) is 0 Å². The lowest BCUT2D eigenvalue weighted by Crippen LogP contribution is -1.87. The maximum Gasteiger partial charge on any atom is 0.233 e. The Morgan fingerprint density at radius 2 is 1.52 bits per heavy atom. The average molecular weight is 423 g/mol. The van der Waals surface area contributed by atoms with E-state index in [0.717, 1.165) is 22.1 Å². The molecular formula is C25H17N3O2S. The number of H-pyrrole nitrogens is 1. The number of furan rings is 1. The summed E-state index contributed by atoms with van der Waals surface area (Å²) in [7, 11) is 0. The van der Waals surface area contributed by atoms with E-state index in [1.807, 2.05) is 66.7 Å². The highest BCUT2D eigenvalue weighted by Gasteiger charge is 2.21. The quantitative estimate of drug-likeness (QED) is 0.250. The summed E-state index contributed by atoms with van der Waals surface area (Å²) in [6, 6.07) is 26.9. The Labute approximate surface area is 183 Å². The SMILES string of the molecule is Oc1ccccc1/C=N/c1[nH]c(=S)nc2oc(-c3ccccc3)c(-c3ccccc3)c12. The molecule has 5 aromatic rings. The molecule has 0 amide bonds. The van der Waals surface area contributed by atoms with Crippen LogP contribution in [-0.2, 0) is 0 Å². The molecule has 0 saturated carbocycles. The number of aromatic amines is 1. The molecule has 2 heterocycles. The number of aromatic hydroxyl groups is 1. The Morgan fingerprint density at radius 3 is 2.23 bits per heavy atom. The normalized spacial score (nSPS) is 11.4. The fourth-order valence-corrected chi connectivity index (χ4v) is 3.68. The zero-order valence-corrected chi connectivity index (χ0v) is 17.1. The summed E-state index contributed by atoms with van der Waals surface area (Å²) >= 11 is 5.32. The van der Waals surface area contributed by atoms with Crippen LogP contribution in [0.3, 0.4) is 0 Å². The Kier molecular flexibility index (Phi) is 4.90. The fraction of sp³-hybridized carbons (Fsp3) is 0. The zero-order chi connectivity index (χ0) is 21.2. The van der Waals surface area contributed by atoms with Crippen molar-refractivity contribution >= 4 is 35.4 Å². The van der Waals surface area contributed by atoms with Crippen molar-refractivity contribution in [3.63, 3.8) is 0 Å². The number of nitrogens with one attached hydrogen (secondary N) is 1. The van der Waals surface area contributed by atoms with E-state index in [2.05, 4.69) is 15.0 Å². The molecule has 0 bridgehead atoms. The standard InChI is InChI=1S/C25H17N3O2S/c29-19-14-8-7-13-18(19)15-26-23-21-20(16-9-3-1-4-10-16)22(17-11-5-2-6-12-17)30-24(21)28-25(31)27-23/h1-15,29H,(H,27,28,31)/b26-15+. The van der Waals surface area contributed by atoms with Crippen LogP contribution < -0.4 is 0 Å². The van der Waals surface area contributed by atoms with E-state index in [9.17, 15) is 5.11 Å². The molecule has 0 spiro atoms. The number of phenols is 1. The molecule has 5 rings (SSSR count). The number of phenolic OH excluding ortho intramolecular Hbond substituents is 1. The third-order valence-electron chi connectivity index (χ3n) is 4.92. The zero-order valence-electron chi connectivity index (χ0n) is 16.3. The summed E-state index contributed by atoms with van der Waals surface area (Å²) in [4.78, 5) is 12.1. The van der Waals surface area contributed by atoms with Gasteiger partial charge in [0.2, 0.25) is 10.5 Å². The van der Waals surface area contributed by atoms with Crippen molar-refractivity contribution in [1.82, 2.24) is 9.97 Å². The van der Waals surface area contributed by atoms with Gasteiger partial charge in [0.25, 0.3) is 0 Å². The molecular weight excluding hydrogens is 406 g/mol. The van der Waals surface area contributed by atoms with Gasteiger partial charge in [0.05, 0.1) is 5.39 Å². The minimum absolute atomic E-state index is 0.149. The summed E-state index contributed by atoms with van der Waals surface area (Å²) in [6.45, 7) is 0. The molecule has 0 radical (unpaired) electrons. The van der Waals surface area contributed by atoms with Crippen LogP contribution in [0.2, 0.25) is 0 Å². The molecule has 0 fully saturated rings. The lowest BCUT2D eigenvalue weighted by Gasteiger charge is -2.05. The second-order valence-electron chi connectivity index (χ2n) is 6.93. The van der Waals surface area contributed by atoms with Gasteiger partial charge in [-0.05, 0) is 29.9 Å². The highest BCUT2D eigenvalue weighted by Crippen LogP contribution is 2.43. The van der Waals surface area contributed by atoms with E-state index in [4.69, 9.17) is 16.6 Å². The summed E-state index contributed by atoms with van der Waals surface area (Å²) in [5, 5.41) is 10.8. The lowest BCUT2D eigenvalue weighted by molar-refractivity contribution is 0.474. The minimum Gasteiger partial charge on any atom is -0.507 e. The number of para-hydroxylation sites is 1. The predicted molar refractivity (Wildman–Crippen MR) is 125 cm³/mol. The monoisotopic (exact) mass is 423 g/mol. The van der Waals surface area contributed by atoms with Crippen LogP contribution in [0.5, 0.6) is 5.75 Å². The van der Waals surface area contributed by atoms with E-state index in [1.165, 1.54) is 0 Å². The second-order valence-corrected chi connectivity index (χ2v) is 7.31. The van der Waals surface area contributed by atoms with Gasteiger partial charge in [-0.25, -0.2) is 4.99 Å². The number of benzene rings is 3. The highest BCUT2D eigenvalue weighted by atomic mass is 32.1. The van der Waals surface area contributed by atoms with Gasteiger partial charge in [-0.2, -0.15) is 4.98 Å². The fourth-order valence-electron chi connectivity index (χ4n) is 3.50. The number of fused-ring (bicyclic) bond motifs is 1. The first-order chi connectivity index (χ1) is 15.2. The maximum atomic E-state index is 10.1. The van der Waals surface area contributed by atoms with E-state index < -0.39 is 0 Å². The van der Waals surface area contributed by atoms with Crippen LogP contribution >= 0.6 is 12.2 Å². The van der Waals surface area contributed by atoms with Crippen LogP contribution in [0, 0.1) is 4.77 Å². The van der Waals surface area contributed by atoms with Crippen molar-refractivity contribution in [3.05, 3.63) is 95.3 Å². The molecule has 0 aliphatic heterocycles.